The van der Waals surface area contributed by atoms with Gasteiger partial charge in [-0.15, -0.1) is 0 Å². The SMILES string of the molecule is COc1cc(/C=C2/C=C(c3ccc(-c4ccccc4)cc3)OC2=O)cc(Br)c1O. The highest BCUT2D eigenvalue weighted by Gasteiger charge is 2.22. The molecule has 0 fully saturated rings. The van der Waals surface area contributed by atoms with E-state index in [1.54, 1.807) is 24.3 Å². The number of ether oxygens (including phenoxy) is 2. The Bertz CT molecular complexity index is 1130. The van der Waals surface area contributed by atoms with E-state index in [9.17, 15) is 9.90 Å². The quantitative estimate of drug-likeness (QED) is 0.404. The molecule has 1 aliphatic heterocycles. The van der Waals surface area contributed by atoms with Gasteiger partial charge in [0.15, 0.2) is 11.5 Å². The molecule has 0 radical (unpaired) electrons. The lowest BCUT2D eigenvalue weighted by molar-refractivity contribution is -0.130. The zero-order valence-corrected chi connectivity index (χ0v) is 17.1. The van der Waals surface area contributed by atoms with E-state index in [0.717, 1.165) is 16.7 Å². The Morgan fingerprint density at radius 1 is 0.966 bits per heavy atom. The molecule has 0 aromatic heterocycles. The molecule has 3 aromatic rings. The fourth-order valence-electron chi connectivity index (χ4n) is 3.10. The van der Waals surface area contributed by atoms with Crippen LogP contribution in [0.4, 0.5) is 0 Å². The van der Waals surface area contributed by atoms with Crippen LogP contribution in [0.2, 0.25) is 0 Å². The molecule has 5 heteroatoms. The van der Waals surface area contributed by atoms with Gasteiger partial charge >= 0.3 is 5.97 Å². The van der Waals surface area contributed by atoms with Crippen molar-refractivity contribution in [3.05, 3.63) is 94.0 Å². The Balaban J connectivity index is 1.63. The number of hydrogen-bond donors (Lipinski definition) is 1. The number of carbonyl (C=O) groups is 1. The first-order valence-corrected chi connectivity index (χ1v) is 9.72. The standard InChI is InChI=1S/C24H17BrO4/c1-28-22-13-15(12-20(25)23(22)26)11-19-14-21(29-24(19)27)18-9-7-17(8-10-18)16-5-3-2-4-6-16/h2-14,26H,1H3/b19-11-. The normalized spacial score (nSPS) is 14.6. The van der Waals surface area contributed by atoms with Gasteiger partial charge < -0.3 is 14.6 Å². The largest absolute Gasteiger partial charge is 0.503 e. The number of esters is 1. The summed E-state index contributed by atoms with van der Waals surface area (Å²) in [6, 6.07) is 21.3. The molecule has 0 atom stereocenters. The summed E-state index contributed by atoms with van der Waals surface area (Å²) >= 11 is 3.29. The van der Waals surface area contributed by atoms with Gasteiger partial charge in [-0.25, -0.2) is 4.79 Å². The van der Waals surface area contributed by atoms with E-state index >= 15 is 0 Å². The Morgan fingerprint density at radius 3 is 2.31 bits per heavy atom. The van der Waals surface area contributed by atoms with Crippen LogP contribution in [0.15, 0.2) is 82.9 Å². The van der Waals surface area contributed by atoms with Gasteiger partial charge in [0.2, 0.25) is 0 Å². The molecule has 29 heavy (non-hydrogen) atoms. The van der Waals surface area contributed by atoms with Crippen molar-refractivity contribution in [3.63, 3.8) is 0 Å². The topological polar surface area (TPSA) is 55.8 Å². The van der Waals surface area contributed by atoms with Crippen molar-refractivity contribution < 1.29 is 19.4 Å². The van der Waals surface area contributed by atoms with Crippen molar-refractivity contribution in [2.24, 2.45) is 0 Å². The summed E-state index contributed by atoms with van der Waals surface area (Å²) in [6.45, 7) is 0. The second kappa shape index (κ2) is 7.97. The molecule has 0 spiro atoms. The fourth-order valence-corrected chi connectivity index (χ4v) is 3.56. The van der Waals surface area contributed by atoms with Crippen molar-refractivity contribution in [1.29, 1.82) is 0 Å². The Labute approximate surface area is 176 Å². The summed E-state index contributed by atoms with van der Waals surface area (Å²) in [5, 5.41) is 9.93. The summed E-state index contributed by atoms with van der Waals surface area (Å²) in [5.74, 6) is 0.414. The molecule has 144 valence electrons. The molecule has 4 rings (SSSR count). The van der Waals surface area contributed by atoms with Crippen molar-refractivity contribution >= 4 is 33.7 Å². The molecule has 3 aromatic carbocycles. The molecule has 1 heterocycles. The first-order valence-electron chi connectivity index (χ1n) is 8.93. The first kappa shape index (κ1) is 19.0. The minimum Gasteiger partial charge on any atom is -0.503 e. The van der Waals surface area contributed by atoms with Crippen LogP contribution >= 0.6 is 15.9 Å². The highest BCUT2D eigenvalue weighted by molar-refractivity contribution is 9.10. The molecule has 0 saturated heterocycles. The van der Waals surface area contributed by atoms with Gasteiger partial charge in [0.25, 0.3) is 0 Å². The van der Waals surface area contributed by atoms with Crippen molar-refractivity contribution in [2.75, 3.05) is 7.11 Å². The number of halogens is 1. The predicted molar refractivity (Wildman–Crippen MR) is 116 cm³/mol. The van der Waals surface area contributed by atoms with E-state index in [1.165, 1.54) is 7.11 Å². The smallest absolute Gasteiger partial charge is 0.343 e. The van der Waals surface area contributed by atoms with Crippen LogP contribution in [0.1, 0.15) is 11.1 Å². The fraction of sp³-hybridized carbons (Fsp3) is 0.0417. The Morgan fingerprint density at radius 2 is 1.62 bits per heavy atom. The molecule has 0 unspecified atom stereocenters. The van der Waals surface area contributed by atoms with Gasteiger partial charge in [0, 0.05) is 5.56 Å². The number of phenolic OH excluding ortho intramolecular Hbond substituents is 1. The lowest BCUT2D eigenvalue weighted by Gasteiger charge is -2.06. The monoisotopic (exact) mass is 448 g/mol. The first-order chi connectivity index (χ1) is 14.0. The number of cyclic esters (lactones) is 1. The van der Waals surface area contributed by atoms with Crippen molar-refractivity contribution in [2.45, 2.75) is 0 Å². The zero-order valence-electron chi connectivity index (χ0n) is 15.6. The highest BCUT2D eigenvalue weighted by atomic mass is 79.9. The van der Waals surface area contributed by atoms with Gasteiger partial charge in [-0.3, -0.25) is 0 Å². The summed E-state index contributed by atoms with van der Waals surface area (Å²) in [5.41, 5.74) is 4.17. The zero-order chi connectivity index (χ0) is 20.4. The van der Waals surface area contributed by atoms with Crippen LogP contribution in [0.5, 0.6) is 11.5 Å². The van der Waals surface area contributed by atoms with E-state index in [0.29, 0.717) is 27.1 Å². The number of methoxy groups -OCH3 is 1. The molecule has 4 nitrogen and oxygen atoms in total. The number of hydrogen-bond acceptors (Lipinski definition) is 4. The maximum absolute atomic E-state index is 12.3. The second-order valence-corrected chi connectivity index (χ2v) is 7.35. The van der Waals surface area contributed by atoms with Crippen LogP contribution in [0.25, 0.3) is 23.0 Å². The summed E-state index contributed by atoms with van der Waals surface area (Å²) in [4.78, 5) is 12.3. The van der Waals surface area contributed by atoms with Gasteiger partial charge in [-0.1, -0.05) is 54.6 Å². The minimum atomic E-state index is -0.421. The third kappa shape index (κ3) is 3.96. The van der Waals surface area contributed by atoms with Crippen LogP contribution in [0, 0.1) is 0 Å². The average Bonchev–Trinajstić information content (AvgIpc) is 3.11. The summed E-state index contributed by atoms with van der Waals surface area (Å²) < 4.78 is 11.1. The van der Waals surface area contributed by atoms with Crippen LogP contribution in [0.3, 0.4) is 0 Å². The molecule has 0 aliphatic carbocycles. The van der Waals surface area contributed by atoms with Gasteiger partial charge in [0.1, 0.15) is 5.76 Å². The highest BCUT2D eigenvalue weighted by Crippen LogP contribution is 2.36. The van der Waals surface area contributed by atoms with Crippen LogP contribution in [-0.4, -0.2) is 18.2 Å². The number of carbonyl (C=O) groups excluding carboxylic acids is 1. The second-order valence-electron chi connectivity index (χ2n) is 6.49. The van der Waals surface area contributed by atoms with Crippen LogP contribution < -0.4 is 4.74 Å². The Hall–Kier alpha value is -3.31. The van der Waals surface area contributed by atoms with E-state index in [1.807, 2.05) is 42.5 Å². The summed E-state index contributed by atoms with van der Waals surface area (Å²) in [6.07, 6.45) is 3.41. The van der Waals surface area contributed by atoms with E-state index < -0.39 is 5.97 Å². The maximum atomic E-state index is 12.3. The van der Waals surface area contributed by atoms with Gasteiger partial charge in [-0.05, 0) is 56.9 Å². The molecule has 0 bridgehead atoms. The maximum Gasteiger partial charge on any atom is 0.343 e. The summed E-state index contributed by atoms with van der Waals surface area (Å²) in [7, 11) is 1.47. The molecule has 0 amide bonds. The van der Waals surface area contributed by atoms with E-state index in [4.69, 9.17) is 9.47 Å². The van der Waals surface area contributed by atoms with E-state index in [2.05, 4.69) is 28.1 Å². The molecule has 1 aliphatic rings. The van der Waals surface area contributed by atoms with Gasteiger partial charge in [0.05, 0.1) is 17.2 Å². The average molecular weight is 449 g/mol. The van der Waals surface area contributed by atoms with E-state index in [-0.39, 0.29) is 5.75 Å². The number of aromatic hydroxyl groups is 1. The number of phenols is 1. The van der Waals surface area contributed by atoms with Crippen molar-refractivity contribution in [3.8, 4) is 22.6 Å². The molecular weight excluding hydrogens is 432 g/mol. The number of benzene rings is 3. The lowest BCUT2D eigenvalue weighted by Crippen LogP contribution is -1.97. The molecular formula is C24H17BrO4. The molecule has 1 N–H and O–H groups in total. The number of rotatable bonds is 4. The van der Waals surface area contributed by atoms with Crippen LogP contribution in [-0.2, 0) is 9.53 Å². The lowest BCUT2D eigenvalue weighted by atomic mass is 10.0. The minimum absolute atomic E-state index is 0.0124. The van der Waals surface area contributed by atoms with Crippen molar-refractivity contribution in [1.82, 2.24) is 0 Å². The van der Waals surface area contributed by atoms with Gasteiger partial charge in [-0.2, -0.15) is 0 Å². The third-order valence-corrected chi connectivity index (χ3v) is 5.20. The third-order valence-electron chi connectivity index (χ3n) is 4.59. The Kier molecular flexibility index (Phi) is 5.23. The predicted octanol–water partition coefficient (Wildman–Crippen LogP) is 5.81. The molecule has 0 saturated carbocycles.